The van der Waals surface area contributed by atoms with Gasteiger partial charge in [-0.2, -0.15) is 5.10 Å². The maximum atomic E-state index is 5.55. The molecule has 0 radical (unpaired) electrons. The molecular weight excluding hydrogens is 238 g/mol. The van der Waals surface area contributed by atoms with Gasteiger partial charge in [-0.25, -0.2) is 0 Å². The molecule has 1 fully saturated rings. The lowest BCUT2D eigenvalue weighted by Crippen LogP contribution is -2.29. The summed E-state index contributed by atoms with van der Waals surface area (Å²) in [5, 5.41) is 9.60. The SMILES string of the molecule is CCNC(c1nn(C)c2ccccc12)C1CCOC1. The van der Waals surface area contributed by atoms with Crippen LogP contribution in [-0.2, 0) is 11.8 Å². The highest BCUT2D eigenvalue weighted by Gasteiger charge is 2.29. The van der Waals surface area contributed by atoms with Crippen LogP contribution in [0.25, 0.3) is 10.9 Å². The molecule has 3 rings (SSSR count). The Balaban J connectivity index is 2.04. The molecular formula is C15H21N3O. The highest BCUT2D eigenvalue weighted by Crippen LogP contribution is 2.32. The number of para-hydroxylation sites is 1. The van der Waals surface area contributed by atoms with E-state index >= 15 is 0 Å². The molecule has 0 aliphatic carbocycles. The lowest BCUT2D eigenvalue weighted by atomic mass is 9.94. The largest absolute Gasteiger partial charge is 0.381 e. The minimum Gasteiger partial charge on any atom is -0.381 e. The van der Waals surface area contributed by atoms with Gasteiger partial charge in [0.2, 0.25) is 0 Å². The minimum absolute atomic E-state index is 0.290. The van der Waals surface area contributed by atoms with E-state index < -0.39 is 0 Å². The molecule has 0 saturated carbocycles. The Kier molecular flexibility index (Phi) is 3.53. The Morgan fingerprint density at radius 2 is 2.32 bits per heavy atom. The van der Waals surface area contributed by atoms with Crippen LogP contribution in [0.4, 0.5) is 0 Å². The number of hydrogen-bond acceptors (Lipinski definition) is 3. The molecule has 1 aromatic carbocycles. The van der Waals surface area contributed by atoms with Crippen LogP contribution in [0.5, 0.6) is 0 Å². The zero-order valence-electron chi connectivity index (χ0n) is 11.6. The predicted octanol–water partition coefficient (Wildman–Crippen LogP) is 2.26. The Bertz CT molecular complexity index is 558. The molecule has 1 N–H and O–H groups in total. The van der Waals surface area contributed by atoms with Gasteiger partial charge in [-0.1, -0.05) is 25.1 Å². The summed E-state index contributed by atoms with van der Waals surface area (Å²) >= 11 is 0. The van der Waals surface area contributed by atoms with Crippen molar-refractivity contribution in [2.75, 3.05) is 19.8 Å². The number of ether oxygens (including phenoxy) is 1. The van der Waals surface area contributed by atoms with Gasteiger partial charge >= 0.3 is 0 Å². The van der Waals surface area contributed by atoms with Crippen LogP contribution in [0.1, 0.15) is 25.1 Å². The second-order valence-electron chi connectivity index (χ2n) is 5.19. The van der Waals surface area contributed by atoms with E-state index in [0.29, 0.717) is 12.0 Å². The fourth-order valence-corrected chi connectivity index (χ4v) is 2.99. The zero-order chi connectivity index (χ0) is 13.2. The topological polar surface area (TPSA) is 39.1 Å². The number of aromatic nitrogens is 2. The van der Waals surface area contributed by atoms with Gasteiger partial charge in [0.15, 0.2) is 0 Å². The van der Waals surface area contributed by atoms with E-state index in [2.05, 4.69) is 36.5 Å². The molecule has 1 aliphatic rings. The number of nitrogens with zero attached hydrogens (tertiary/aromatic N) is 2. The number of hydrogen-bond donors (Lipinski definition) is 1. The predicted molar refractivity (Wildman–Crippen MR) is 76.1 cm³/mol. The first-order valence-electron chi connectivity index (χ1n) is 7.04. The summed E-state index contributed by atoms with van der Waals surface area (Å²) in [7, 11) is 2.01. The van der Waals surface area contributed by atoms with Gasteiger partial charge in [0.25, 0.3) is 0 Å². The highest BCUT2D eigenvalue weighted by atomic mass is 16.5. The van der Waals surface area contributed by atoms with Gasteiger partial charge < -0.3 is 10.1 Å². The van der Waals surface area contributed by atoms with Crippen molar-refractivity contribution in [2.45, 2.75) is 19.4 Å². The average molecular weight is 259 g/mol. The molecule has 2 heterocycles. The van der Waals surface area contributed by atoms with Crippen molar-refractivity contribution in [1.82, 2.24) is 15.1 Å². The summed E-state index contributed by atoms with van der Waals surface area (Å²) < 4.78 is 7.53. The third-order valence-corrected chi connectivity index (χ3v) is 3.94. The Labute approximate surface area is 113 Å². The van der Waals surface area contributed by atoms with E-state index in [4.69, 9.17) is 9.84 Å². The van der Waals surface area contributed by atoms with Gasteiger partial charge in [-0.3, -0.25) is 4.68 Å². The molecule has 4 nitrogen and oxygen atoms in total. The average Bonchev–Trinajstić information content (AvgIpc) is 3.06. The van der Waals surface area contributed by atoms with E-state index in [0.717, 1.165) is 31.9 Å². The van der Waals surface area contributed by atoms with Crippen molar-refractivity contribution in [2.24, 2.45) is 13.0 Å². The van der Waals surface area contributed by atoms with E-state index in [9.17, 15) is 0 Å². The molecule has 0 spiro atoms. The van der Waals surface area contributed by atoms with Crippen molar-refractivity contribution in [3.63, 3.8) is 0 Å². The minimum atomic E-state index is 0.290. The van der Waals surface area contributed by atoms with Crippen LogP contribution in [0.15, 0.2) is 24.3 Å². The van der Waals surface area contributed by atoms with Gasteiger partial charge in [0, 0.05) is 25.0 Å². The quantitative estimate of drug-likeness (QED) is 0.915. The molecule has 2 atom stereocenters. The first-order chi connectivity index (χ1) is 9.31. The normalized spacial score (nSPS) is 21.1. The summed E-state index contributed by atoms with van der Waals surface area (Å²) in [5.41, 5.74) is 2.36. The van der Waals surface area contributed by atoms with Crippen molar-refractivity contribution in [3.05, 3.63) is 30.0 Å². The molecule has 2 unspecified atom stereocenters. The summed E-state index contributed by atoms with van der Waals surface area (Å²) in [6.45, 7) is 4.81. The van der Waals surface area contributed by atoms with Crippen LogP contribution in [0, 0.1) is 5.92 Å². The van der Waals surface area contributed by atoms with Gasteiger partial charge in [0.05, 0.1) is 23.9 Å². The zero-order valence-corrected chi connectivity index (χ0v) is 11.6. The first-order valence-corrected chi connectivity index (χ1v) is 7.04. The molecule has 102 valence electrons. The first kappa shape index (κ1) is 12.6. The molecule has 0 bridgehead atoms. The standard InChI is InChI=1S/C15H21N3O/c1-3-16-14(11-8-9-19-10-11)15-12-6-4-5-7-13(12)18(2)17-15/h4-7,11,14,16H,3,8-10H2,1-2H3. The van der Waals surface area contributed by atoms with Crippen LogP contribution in [-0.4, -0.2) is 29.5 Å². The smallest absolute Gasteiger partial charge is 0.0876 e. The summed E-state index contributed by atoms with van der Waals surface area (Å²) in [6, 6.07) is 8.73. The summed E-state index contributed by atoms with van der Waals surface area (Å²) in [4.78, 5) is 0. The second-order valence-corrected chi connectivity index (χ2v) is 5.19. The molecule has 1 saturated heterocycles. The molecule has 4 heteroatoms. The monoisotopic (exact) mass is 259 g/mol. The second kappa shape index (κ2) is 5.31. The Morgan fingerprint density at radius 1 is 1.47 bits per heavy atom. The molecule has 2 aromatic rings. The molecule has 1 aromatic heterocycles. The number of nitrogens with one attached hydrogen (secondary N) is 1. The lowest BCUT2D eigenvalue weighted by Gasteiger charge is -2.21. The summed E-state index contributed by atoms with van der Waals surface area (Å²) in [5.74, 6) is 0.526. The van der Waals surface area contributed by atoms with Crippen LogP contribution < -0.4 is 5.32 Å². The number of fused-ring (bicyclic) bond motifs is 1. The Hall–Kier alpha value is -1.39. The fourth-order valence-electron chi connectivity index (χ4n) is 2.99. The maximum absolute atomic E-state index is 5.55. The number of aryl methyl sites for hydroxylation is 1. The van der Waals surface area contributed by atoms with E-state index in [1.54, 1.807) is 0 Å². The van der Waals surface area contributed by atoms with Crippen molar-refractivity contribution >= 4 is 10.9 Å². The third kappa shape index (κ3) is 2.26. The molecule has 0 amide bonds. The van der Waals surface area contributed by atoms with Crippen LogP contribution in [0.3, 0.4) is 0 Å². The Morgan fingerprint density at radius 3 is 3.05 bits per heavy atom. The van der Waals surface area contributed by atoms with Gasteiger partial charge in [-0.05, 0) is 19.0 Å². The number of benzene rings is 1. The third-order valence-electron chi connectivity index (χ3n) is 3.94. The van der Waals surface area contributed by atoms with E-state index in [1.165, 1.54) is 10.9 Å². The summed E-state index contributed by atoms with van der Waals surface area (Å²) in [6.07, 6.45) is 1.11. The highest BCUT2D eigenvalue weighted by molar-refractivity contribution is 5.82. The lowest BCUT2D eigenvalue weighted by molar-refractivity contribution is 0.176. The van der Waals surface area contributed by atoms with Crippen LogP contribution in [0.2, 0.25) is 0 Å². The number of rotatable bonds is 4. The van der Waals surface area contributed by atoms with E-state index in [-0.39, 0.29) is 0 Å². The van der Waals surface area contributed by atoms with E-state index in [1.807, 2.05) is 11.7 Å². The van der Waals surface area contributed by atoms with Crippen molar-refractivity contribution in [1.29, 1.82) is 0 Å². The maximum Gasteiger partial charge on any atom is 0.0876 e. The van der Waals surface area contributed by atoms with Gasteiger partial charge in [0.1, 0.15) is 0 Å². The van der Waals surface area contributed by atoms with Crippen LogP contribution >= 0.6 is 0 Å². The molecule has 1 aliphatic heterocycles. The van der Waals surface area contributed by atoms with Gasteiger partial charge in [-0.15, -0.1) is 0 Å². The van der Waals surface area contributed by atoms with Crippen molar-refractivity contribution < 1.29 is 4.74 Å². The fraction of sp³-hybridized carbons (Fsp3) is 0.533. The van der Waals surface area contributed by atoms with Crippen molar-refractivity contribution in [3.8, 4) is 0 Å². The molecule has 19 heavy (non-hydrogen) atoms.